The highest BCUT2D eigenvalue weighted by Crippen LogP contribution is 2.24. The highest BCUT2D eigenvalue weighted by atomic mass is 16.6. The van der Waals surface area contributed by atoms with Crippen LogP contribution in [-0.2, 0) is 0 Å². The van der Waals surface area contributed by atoms with Gasteiger partial charge in [0, 0.05) is 25.7 Å². The smallest absolute Gasteiger partial charge is 0.288 e. The molecule has 1 fully saturated rings. The van der Waals surface area contributed by atoms with Crippen LogP contribution >= 0.6 is 0 Å². The first kappa shape index (κ1) is 13.2. The molecule has 0 spiro atoms. The van der Waals surface area contributed by atoms with E-state index in [2.05, 4.69) is 10.3 Å². The Morgan fingerprint density at radius 1 is 1.68 bits per heavy atom. The molecule has 0 aliphatic carbocycles. The Hall–Kier alpha value is -2.22. The average molecular weight is 265 g/mol. The minimum Gasteiger partial charge on any atom is -0.365 e. The Morgan fingerprint density at radius 3 is 2.79 bits per heavy atom. The number of hydrogen-bond donors (Lipinski definition) is 2. The number of pyridine rings is 1. The zero-order chi connectivity index (χ0) is 14.0. The van der Waals surface area contributed by atoms with Crippen molar-refractivity contribution >= 4 is 17.4 Å². The molecule has 1 aliphatic rings. The van der Waals surface area contributed by atoms with Gasteiger partial charge in [-0.05, 0) is 6.92 Å². The molecule has 0 radical (unpaired) electrons. The molecule has 19 heavy (non-hydrogen) atoms. The number of nitro groups is 1. The number of nitrogens with two attached hydrogens (primary N) is 1. The van der Waals surface area contributed by atoms with Crippen LogP contribution in [0.5, 0.6) is 0 Å². The van der Waals surface area contributed by atoms with Crippen LogP contribution in [0, 0.1) is 10.1 Å². The molecular weight excluding hydrogens is 250 g/mol. The van der Waals surface area contributed by atoms with Crippen molar-refractivity contribution in [2.75, 3.05) is 24.5 Å². The van der Waals surface area contributed by atoms with Crippen molar-refractivity contribution in [3.8, 4) is 0 Å². The van der Waals surface area contributed by atoms with Crippen molar-refractivity contribution in [1.29, 1.82) is 0 Å². The normalized spacial score (nSPS) is 14.8. The molecule has 8 nitrogen and oxygen atoms in total. The van der Waals surface area contributed by atoms with Gasteiger partial charge in [0.1, 0.15) is 12.0 Å². The second-order valence-corrected chi connectivity index (χ2v) is 4.28. The van der Waals surface area contributed by atoms with E-state index < -0.39 is 10.8 Å². The standard InChI is InChI=1S/C11H15N5O3/c1-2-15(8-4-13-5-8)11-9(10(12)17)3-7(6-14-11)16(18)19/h3,6,8,13H,2,4-5H2,1H3,(H2,12,17). The van der Waals surface area contributed by atoms with Gasteiger partial charge in [-0.1, -0.05) is 0 Å². The SMILES string of the molecule is CCN(c1ncc([N+](=O)[O-])cc1C(N)=O)C1CNC1. The number of carbonyl (C=O) groups is 1. The summed E-state index contributed by atoms with van der Waals surface area (Å²) in [4.78, 5) is 27.6. The third-order valence-electron chi connectivity index (χ3n) is 3.14. The van der Waals surface area contributed by atoms with Gasteiger partial charge < -0.3 is 16.0 Å². The Labute approximate surface area is 109 Å². The summed E-state index contributed by atoms with van der Waals surface area (Å²) in [5.41, 5.74) is 5.14. The van der Waals surface area contributed by atoms with E-state index in [1.165, 1.54) is 6.07 Å². The van der Waals surface area contributed by atoms with Crippen LogP contribution in [0.15, 0.2) is 12.3 Å². The summed E-state index contributed by atoms with van der Waals surface area (Å²) >= 11 is 0. The van der Waals surface area contributed by atoms with Crippen molar-refractivity contribution in [2.45, 2.75) is 13.0 Å². The number of nitrogens with one attached hydrogen (secondary N) is 1. The van der Waals surface area contributed by atoms with E-state index in [0.717, 1.165) is 19.3 Å². The van der Waals surface area contributed by atoms with Crippen molar-refractivity contribution in [3.63, 3.8) is 0 Å². The third-order valence-corrected chi connectivity index (χ3v) is 3.14. The lowest BCUT2D eigenvalue weighted by Crippen LogP contribution is -2.57. The summed E-state index contributed by atoms with van der Waals surface area (Å²) in [5.74, 6) is -0.302. The van der Waals surface area contributed by atoms with Gasteiger partial charge in [0.2, 0.25) is 0 Å². The average Bonchev–Trinajstić information content (AvgIpc) is 2.32. The van der Waals surface area contributed by atoms with Crippen LogP contribution in [0.4, 0.5) is 11.5 Å². The third kappa shape index (κ3) is 2.48. The van der Waals surface area contributed by atoms with E-state index in [9.17, 15) is 14.9 Å². The van der Waals surface area contributed by atoms with Crippen molar-refractivity contribution in [3.05, 3.63) is 27.9 Å². The van der Waals surface area contributed by atoms with Crippen LogP contribution in [0.25, 0.3) is 0 Å². The van der Waals surface area contributed by atoms with Gasteiger partial charge in [-0.3, -0.25) is 14.9 Å². The zero-order valence-corrected chi connectivity index (χ0v) is 10.5. The number of primary amides is 1. The molecule has 1 saturated heterocycles. The highest BCUT2D eigenvalue weighted by molar-refractivity contribution is 5.98. The quantitative estimate of drug-likeness (QED) is 0.567. The van der Waals surface area contributed by atoms with Gasteiger partial charge in [-0.2, -0.15) is 0 Å². The van der Waals surface area contributed by atoms with Gasteiger partial charge in [-0.25, -0.2) is 4.98 Å². The summed E-state index contributed by atoms with van der Waals surface area (Å²) in [6.07, 6.45) is 1.15. The molecule has 0 unspecified atom stereocenters. The van der Waals surface area contributed by atoms with Crippen LogP contribution in [0.3, 0.4) is 0 Å². The molecule has 2 heterocycles. The Morgan fingerprint density at radius 2 is 2.37 bits per heavy atom. The fraction of sp³-hybridized carbons (Fsp3) is 0.455. The Bertz CT molecular complexity index is 515. The predicted octanol–water partition coefficient (Wildman–Crippen LogP) is -0.113. The van der Waals surface area contributed by atoms with E-state index in [0.29, 0.717) is 12.4 Å². The number of anilines is 1. The maximum Gasteiger partial charge on any atom is 0.288 e. The highest BCUT2D eigenvalue weighted by Gasteiger charge is 2.28. The van der Waals surface area contributed by atoms with Crippen molar-refractivity contribution < 1.29 is 9.72 Å². The van der Waals surface area contributed by atoms with Gasteiger partial charge in [-0.15, -0.1) is 0 Å². The van der Waals surface area contributed by atoms with Crippen LogP contribution in [-0.4, -0.2) is 41.5 Å². The maximum atomic E-state index is 11.5. The number of nitrogens with zero attached hydrogens (tertiary/aromatic N) is 3. The van der Waals surface area contributed by atoms with E-state index >= 15 is 0 Å². The molecule has 0 bridgehead atoms. The van der Waals surface area contributed by atoms with E-state index in [1.54, 1.807) is 0 Å². The monoisotopic (exact) mass is 265 g/mol. The minimum absolute atomic E-state index is 0.0861. The summed E-state index contributed by atoms with van der Waals surface area (Å²) < 4.78 is 0. The summed E-state index contributed by atoms with van der Waals surface area (Å²) in [6.45, 7) is 4.18. The van der Waals surface area contributed by atoms with E-state index in [4.69, 9.17) is 5.73 Å². The topological polar surface area (TPSA) is 114 Å². The molecule has 102 valence electrons. The first-order valence-corrected chi connectivity index (χ1v) is 5.96. The second kappa shape index (κ2) is 5.19. The molecule has 8 heteroatoms. The molecule has 1 amide bonds. The number of rotatable bonds is 5. The van der Waals surface area contributed by atoms with E-state index in [1.807, 2.05) is 11.8 Å². The van der Waals surface area contributed by atoms with Crippen molar-refractivity contribution in [2.24, 2.45) is 5.73 Å². The number of aromatic nitrogens is 1. The Balaban J connectivity index is 2.42. The second-order valence-electron chi connectivity index (χ2n) is 4.28. The Kier molecular flexibility index (Phi) is 3.61. The van der Waals surface area contributed by atoms with Gasteiger partial charge in [0.25, 0.3) is 11.6 Å². The summed E-state index contributed by atoms with van der Waals surface area (Å²) in [6, 6.07) is 1.41. The number of carbonyl (C=O) groups excluding carboxylic acids is 1. The summed E-state index contributed by atoms with van der Waals surface area (Å²) in [7, 11) is 0. The lowest BCUT2D eigenvalue weighted by molar-refractivity contribution is -0.385. The van der Waals surface area contributed by atoms with Gasteiger partial charge >= 0.3 is 0 Å². The van der Waals surface area contributed by atoms with Crippen molar-refractivity contribution in [1.82, 2.24) is 10.3 Å². The molecule has 1 aromatic rings. The molecule has 1 aromatic heterocycles. The first-order chi connectivity index (χ1) is 9.04. The number of likely N-dealkylation sites (N-methyl/N-ethyl adjacent to an activating group) is 1. The molecule has 0 atom stereocenters. The minimum atomic E-state index is -0.711. The molecule has 2 rings (SSSR count). The molecule has 0 saturated carbocycles. The molecule has 3 N–H and O–H groups in total. The zero-order valence-electron chi connectivity index (χ0n) is 10.5. The van der Waals surface area contributed by atoms with Crippen LogP contribution in [0.1, 0.15) is 17.3 Å². The largest absolute Gasteiger partial charge is 0.365 e. The fourth-order valence-electron chi connectivity index (χ4n) is 2.03. The van der Waals surface area contributed by atoms with E-state index in [-0.39, 0.29) is 17.3 Å². The van der Waals surface area contributed by atoms with Gasteiger partial charge in [0.05, 0.1) is 16.5 Å². The molecular formula is C11H15N5O3. The van der Waals surface area contributed by atoms with Crippen LogP contribution in [0.2, 0.25) is 0 Å². The van der Waals surface area contributed by atoms with Gasteiger partial charge in [0.15, 0.2) is 0 Å². The lowest BCUT2D eigenvalue weighted by atomic mass is 10.1. The number of hydrogen-bond acceptors (Lipinski definition) is 6. The fourth-order valence-corrected chi connectivity index (χ4v) is 2.03. The predicted molar refractivity (Wildman–Crippen MR) is 69.1 cm³/mol. The maximum absolute atomic E-state index is 11.5. The number of amides is 1. The lowest BCUT2D eigenvalue weighted by Gasteiger charge is -2.38. The summed E-state index contributed by atoms with van der Waals surface area (Å²) in [5, 5.41) is 13.8. The molecule has 1 aliphatic heterocycles. The van der Waals surface area contributed by atoms with Crippen LogP contribution < -0.4 is 16.0 Å². The first-order valence-electron chi connectivity index (χ1n) is 5.96. The molecule has 0 aromatic carbocycles.